The number of hydrogen-bond donors (Lipinski definition) is 2. The quantitative estimate of drug-likeness (QED) is 0.750. The Bertz CT molecular complexity index is 402. The van der Waals surface area contributed by atoms with Gasteiger partial charge in [-0.15, -0.1) is 0 Å². The molecule has 0 bridgehead atoms. The van der Waals surface area contributed by atoms with Crippen LogP contribution in [0.2, 0.25) is 0 Å². The number of hydrogen-bond acceptors (Lipinski definition) is 3. The van der Waals surface area contributed by atoms with Gasteiger partial charge in [-0.25, -0.2) is 4.39 Å². The Kier molecular flexibility index (Phi) is 3.05. The first-order valence-electron chi connectivity index (χ1n) is 5.04. The van der Waals surface area contributed by atoms with Crippen molar-refractivity contribution in [2.24, 2.45) is 5.92 Å². The Labute approximate surface area is 92.0 Å². The van der Waals surface area contributed by atoms with Gasteiger partial charge < -0.3 is 15.2 Å². The van der Waals surface area contributed by atoms with E-state index in [0.717, 1.165) is 6.07 Å². The van der Waals surface area contributed by atoms with Crippen LogP contribution >= 0.6 is 0 Å². The van der Waals surface area contributed by atoms with Crippen LogP contribution < -0.4 is 5.32 Å². The van der Waals surface area contributed by atoms with Gasteiger partial charge in [0.05, 0.1) is 18.2 Å². The van der Waals surface area contributed by atoms with Gasteiger partial charge in [-0.05, 0) is 18.6 Å². The normalized spacial score (nSPS) is 19.7. The van der Waals surface area contributed by atoms with Gasteiger partial charge in [-0.3, -0.25) is 4.79 Å². The lowest BCUT2D eigenvalue weighted by Gasteiger charge is -2.10. The first-order valence-corrected chi connectivity index (χ1v) is 5.04. The Morgan fingerprint density at radius 1 is 1.56 bits per heavy atom. The fraction of sp³-hybridized carbons (Fsp3) is 0.364. The molecule has 0 radical (unpaired) electrons. The number of anilines is 1. The molecule has 1 aliphatic heterocycles. The zero-order valence-corrected chi connectivity index (χ0v) is 8.57. The van der Waals surface area contributed by atoms with E-state index in [2.05, 4.69) is 5.32 Å². The topological polar surface area (TPSA) is 58.6 Å². The number of phenolic OH excluding ortho intramolecular Hbond substituents is 1. The minimum Gasteiger partial charge on any atom is -0.508 e. The molecule has 86 valence electrons. The molecule has 2 N–H and O–H groups in total. The lowest BCUT2D eigenvalue weighted by Crippen LogP contribution is -2.23. The van der Waals surface area contributed by atoms with Crippen LogP contribution in [0.1, 0.15) is 6.42 Å². The maximum absolute atomic E-state index is 13.3. The van der Waals surface area contributed by atoms with Crippen molar-refractivity contribution in [2.75, 3.05) is 18.5 Å². The number of ether oxygens (including phenoxy) is 1. The largest absolute Gasteiger partial charge is 0.508 e. The van der Waals surface area contributed by atoms with E-state index in [9.17, 15) is 9.18 Å². The molecule has 0 aromatic heterocycles. The minimum absolute atomic E-state index is 0.0784. The van der Waals surface area contributed by atoms with Gasteiger partial charge in [0, 0.05) is 12.7 Å². The molecule has 1 saturated heterocycles. The van der Waals surface area contributed by atoms with Crippen molar-refractivity contribution >= 4 is 11.6 Å². The van der Waals surface area contributed by atoms with Crippen molar-refractivity contribution < 1.29 is 19.0 Å². The van der Waals surface area contributed by atoms with Crippen LogP contribution in [0.5, 0.6) is 5.75 Å². The summed E-state index contributed by atoms with van der Waals surface area (Å²) in [4.78, 5) is 11.6. The number of aromatic hydroxyl groups is 1. The van der Waals surface area contributed by atoms with E-state index >= 15 is 0 Å². The fourth-order valence-electron chi connectivity index (χ4n) is 1.58. The van der Waals surface area contributed by atoms with E-state index in [1.54, 1.807) is 0 Å². The number of amides is 1. The fourth-order valence-corrected chi connectivity index (χ4v) is 1.58. The minimum atomic E-state index is -0.646. The van der Waals surface area contributed by atoms with Crippen molar-refractivity contribution in [3.63, 3.8) is 0 Å². The van der Waals surface area contributed by atoms with Gasteiger partial charge in [-0.2, -0.15) is 0 Å². The number of carbonyl (C=O) groups excluding carboxylic acids is 1. The molecule has 5 heteroatoms. The molecule has 16 heavy (non-hydrogen) atoms. The van der Waals surface area contributed by atoms with Gasteiger partial charge in [0.2, 0.25) is 5.91 Å². The van der Waals surface area contributed by atoms with Crippen molar-refractivity contribution in [1.29, 1.82) is 0 Å². The Balaban J connectivity index is 2.05. The predicted molar refractivity (Wildman–Crippen MR) is 55.6 cm³/mol. The molecule has 0 spiro atoms. The highest BCUT2D eigenvalue weighted by Gasteiger charge is 2.24. The predicted octanol–water partition coefficient (Wildman–Crippen LogP) is 1.51. The molecule has 1 aliphatic rings. The summed E-state index contributed by atoms with van der Waals surface area (Å²) in [5, 5.41) is 11.5. The molecule has 1 fully saturated rings. The third-order valence-corrected chi connectivity index (χ3v) is 2.51. The van der Waals surface area contributed by atoms with Gasteiger partial charge in [-0.1, -0.05) is 0 Å². The molecular weight excluding hydrogens is 213 g/mol. The standard InChI is InChI=1S/C11H12FNO3/c12-9-5-8(14)1-2-10(9)13-11(15)7-3-4-16-6-7/h1-2,5,7,14H,3-4,6H2,(H,13,15)/t7-/m1/s1. The first kappa shape index (κ1) is 10.9. The van der Waals surface area contributed by atoms with Gasteiger partial charge in [0.15, 0.2) is 0 Å². The maximum atomic E-state index is 13.3. The number of halogens is 1. The SMILES string of the molecule is O=C(Nc1ccc(O)cc1F)[C@@H]1CCOC1. The summed E-state index contributed by atoms with van der Waals surface area (Å²) in [6, 6.07) is 3.61. The summed E-state index contributed by atoms with van der Waals surface area (Å²) in [5.74, 6) is -1.28. The molecule has 0 aliphatic carbocycles. The lowest BCUT2D eigenvalue weighted by molar-refractivity contribution is -0.119. The van der Waals surface area contributed by atoms with E-state index in [0.29, 0.717) is 19.6 Å². The van der Waals surface area contributed by atoms with Crippen LogP contribution in [0.25, 0.3) is 0 Å². The molecule has 1 aromatic rings. The molecule has 0 saturated carbocycles. The van der Waals surface area contributed by atoms with Crippen LogP contribution in [-0.4, -0.2) is 24.2 Å². The average molecular weight is 225 g/mol. The van der Waals surface area contributed by atoms with Gasteiger partial charge in [0.1, 0.15) is 11.6 Å². The smallest absolute Gasteiger partial charge is 0.229 e. The number of nitrogens with one attached hydrogen (secondary N) is 1. The van der Waals surface area contributed by atoms with Crippen LogP contribution in [0.3, 0.4) is 0 Å². The van der Waals surface area contributed by atoms with E-state index in [1.165, 1.54) is 12.1 Å². The number of benzene rings is 1. The summed E-state index contributed by atoms with van der Waals surface area (Å²) in [6.45, 7) is 0.946. The van der Waals surface area contributed by atoms with E-state index in [-0.39, 0.29) is 23.3 Å². The molecule has 1 amide bonds. The van der Waals surface area contributed by atoms with Crippen LogP contribution in [0, 0.1) is 11.7 Å². The summed E-state index contributed by atoms with van der Waals surface area (Å²) in [5.41, 5.74) is 0.0784. The highest BCUT2D eigenvalue weighted by atomic mass is 19.1. The second-order valence-electron chi connectivity index (χ2n) is 3.71. The second-order valence-corrected chi connectivity index (χ2v) is 3.71. The molecule has 0 unspecified atom stereocenters. The van der Waals surface area contributed by atoms with E-state index < -0.39 is 5.82 Å². The van der Waals surface area contributed by atoms with Crippen LogP contribution in [0.15, 0.2) is 18.2 Å². The summed E-state index contributed by atoms with van der Waals surface area (Å²) in [7, 11) is 0. The molecule has 4 nitrogen and oxygen atoms in total. The van der Waals surface area contributed by atoms with Crippen LogP contribution in [0.4, 0.5) is 10.1 Å². The molecule has 1 atom stereocenters. The third-order valence-electron chi connectivity index (χ3n) is 2.51. The highest BCUT2D eigenvalue weighted by molar-refractivity contribution is 5.92. The van der Waals surface area contributed by atoms with Crippen molar-refractivity contribution in [1.82, 2.24) is 0 Å². The van der Waals surface area contributed by atoms with Gasteiger partial charge in [0.25, 0.3) is 0 Å². The molecule has 2 rings (SSSR count). The first-order chi connectivity index (χ1) is 7.66. The maximum Gasteiger partial charge on any atom is 0.229 e. The Morgan fingerprint density at radius 3 is 3.00 bits per heavy atom. The van der Waals surface area contributed by atoms with E-state index in [1.807, 2.05) is 0 Å². The third kappa shape index (κ3) is 2.30. The summed E-state index contributed by atoms with van der Waals surface area (Å²) >= 11 is 0. The van der Waals surface area contributed by atoms with Crippen molar-refractivity contribution in [2.45, 2.75) is 6.42 Å². The Hall–Kier alpha value is -1.62. The van der Waals surface area contributed by atoms with Gasteiger partial charge >= 0.3 is 0 Å². The summed E-state index contributed by atoms with van der Waals surface area (Å²) in [6.07, 6.45) is 0.658. The lowest BCUT2D eigenvalue weighted by atomic mass is 10.1. The number of carbonyl (C=O) groups is 1. The summed E-state index contributed by atoms with van der Waals surface area (Å²) < 4.78 is 18.4. The zero-order valence-electron chi connectivity index (χ0n) is 8.57. The van der Waals surface area contributed by atoms with E-state index in [4.69, 9.17) is 9.84 Å². The molecule has 1 heterocycles. The van der Waals surface area contributed by atoms with Crippen LogP contribution in [-0.2, 0) is 9.53 Å². The molecule has 1 aromatic carbocycles. The number of phenols is 1. The second kappa shape index (κ2) is 4.49. The Morgan fingerprint density at radius 2 is 2.38 bits per heavy atom. The average Bonchev–Trinajstić information content (AvgIpc) is 2.75. The number of rotatable bonds is 2. The highest BCUT2D eigenvalue weighted by Crippen LogP contribution is 2.21. The van der Waals surface area contributed by atoms with Crippen molar-refractivity contribution in [3.8, 4) is 5.75 Å². The zero-order chi connectivity index (χ0) is 11.5. The monoisotopic (exact) mass is 225 g/mol. The van der Waals surface area contributed by atoms with Crippen molar-refractivity contribution in [3.05, 3.63) is 24.0 Å². The molecular formula is C11H12FNO3.